The average molecular weight is 311 g/mol. The van der Waals surface area contributed by atoms with Crippen molar-refractivity contribution < 1.29 is 4.39 Å². The summed E-state index contributed by atoms with van der Waals surface area (Å²) >= 11 is 0. The molecule has 0 bridgehead atoms. The van der Waals surface area contributed by atoms with Gasteiger partial charge < -0.3 is 5.32 Å². The molecule has 3 rings (SSSR count). The van der Waals surface area contributed by atoms with Crippen LogP contribution in [0.5, 0.6) is 0 Å². The standard InChI is InChI=1S/C21H26FN/c1-3-17(4-2)19-10-11-23-21-9-8-16(14-20(19)21)12-15-6-5-7-18(22)13-15/h5-9,13-14,17,19,23H,3-4,10-12H2,1-2H3. The van der Waals surface area contributed by atoms with Crippen LogP contribution in [-0.2, 0) is 6.42 Å². The van der Waals surface area contributed by atoms with E-state index in [0.717, 1.165) is 24.4 Å². The second-order valence-corrected chi connectivity index (χ2v) is 6.63. The summed E-state index contributed by atoms with van der Waals surface area (Å²) in [6.45, 7) is 5.66. The lowest BCUT2D eigenvalue weighted by atomic mass is 9.77. The largest absolute Gasteiger partial charge is 0.385 e. The van der Waals surface area contributed by atoms with Gasteiger partial charge in [-0.1, -0.05) is 51.0 Å². The van der Waals surface area contributed by atoms with Crippen molar-refractivity contribution >= 4 is 5.69 Å². The van der Waals surface area contributed by atoms with Gasteiger partial charge in [0.2, 0.25) is 0 Å². The molecule has 2 heteroatoms. The van der Waals surface area contributed by atoms with Crippen molar-refractivity contribution in [3.63, 3.8) is 0 Å². The summed E-state index contributed by atoms with van der Waals surface area (Å²) in [5.41, 5.74) is 5.05. The molecule has 1 N–H and O–H groups in total. The van der Waals surface area contributed by atoms with Crippen LogP contribution in [0.3, 0.4) is 0 Å². The fourth-order valence-corrected chi connectivity index (χ4v) is 3.94. The second kappa shape index (κ2) is 7.16. The van der Waals surface area contributed by atoms with Crippen LogP contribution in [0.25, 0.3) is 0 Å². The molecule has 0 saturated carbocycles. The van der Waals surface area contributed by atoms with E-state index in [0.29, 0.717) is 5.92 Å². The molecule has 2 aromatic rings. The second-order valence-electron chi connectivity index (χ2n) is 6.63. The van der Waals surface area contributed by atoms with E-state index in [4.69, 9.17) is 0 Å². The fraction of sp³-hybridized carbons (Fsp3) is 0.429. The van der Waals surface area contributed by atoms with Crippen molar-refractivity contribution in [3.8, 4) is 0 Å². The van der Waals surface area contributed by atoms with E-state index < -0.39 is 0 Å². The Bertz CT molecular complexity index is 661. The Kier molecular flexibility index (Phi) is 5.00. The van der Waals surface area contributed by atoms with Gasteiger partial charge in [0.1, 0.15) is 5.82 Å². The minimum atomic E-state index is -0.156. The van der Waals surface area contributed by atoms with Crippen LogP contribution in [0.15, 0.2) is 42.5 Å². The van der Waals surface area contributed by atoms with E-state index in [2.05, 4.69) is 37.4 Å². The first-order valence-corrected chi connectivity index (χ1v) is 8.82. The van der Waals surface area contributed by atoms with Crippen LogP contribution in [0.2, 0.25) is 0 Å². The third-order valence-electron chi connectivity index (χ3n) is 5.20. The van der Waals surface area contributed by atoms with Gasteiger partial charge in [0.05, 0.1) is 0 Å². The maximum atomic E-state index is 13.4. The molecule has 122 valence electrons. The molecular weight excluding hydrogens is 285 g/mol. The van der Waals surface area contributed by atoms with Gasteiger partial charge in [-0.05, 0) is 59.6 Å². The average Bonchev–Trinajstić information content (AvgIpc) is 2.56. The van der Waals surface area contributed by atoms with Gasteiger partial charge in [-0.2, -0.15) is 0 Å². The molecule has 0 saturated heterocycles. The van der Waals surface area contributed by atoms with E-state index in [9.17, 15) is 4.39 Å². The number of rotatable bonds is 5. The van der Waals surface area contributed by atoms with Gasteiger partial charge in [-0.3, -0.25) is 0 Å². The van der Waals surface area contributed by atoms with Gasteiger partial charge in [0.15, 0.2) is 0 Å². The maximum absolute atomic E-state index is 13.4. The normalized spacial score (nSPS) is 17.0. The summed E-state index contributed by atoms with van der Waals surface area (Å²) < 4.78 is 13.4. The summed E-state index contributed by atoms with van der Waals surface area (Å²) in [5.74, 6) is 1.24. The molecule has 0 fully saturated rings. The lowest BCUT2D eigenvalue weighted by Crippen LogP contribution is -2.22. The first-order chi connectivity index (χ1) is 11.2. The van der Waals surface area contributed by atoms with E-state index in [-0.39, 0.29) is 5.82 Å². The highest BCUT2D eigenvalue weighted by Gasteiger charge is 2.26. The summed E-state index contributed by atoms with van der Waals surface area (Å²) in [4.78, 5) is 0. The van der Waals surface area contributed by atoms with Crippen LogP contribution in [-0.4, -0.2) is 6.54 Å². The van der Waals surface area contributed by atoms with Crippen LogP contribution < -0.4 is 5.32 Å². The molecule has 1 atom stereocenters. The molecule has 1 aliphatic heterocycles. The van der Waals surface area contributed by atoms with Gasteiger partial charge >= 0.3 is 0 Å². The van der Waals surface area contributed by atoms with Crippen molar-refractivity contribution in [1.29, 1.82) is 0 Å². The molecule has 23 heavy (non-hydrogen) atoms. The monoisotopic (exact) mass is 311 g/mol. The van der Waals surface area contributed by atoms with Crippen molar-refractivity contribution in [2.75, 3.05) is 11.9 Å². The van der Waals surface area contributed by atoms with Crippen molar-refractivity contribution in [3.05, 3.63) is 65.0 Å². The third kappa shape index (κ3) is 3.57. The van der Waals surface area contributed by atoms with Crippen LogP contribution in [0, 0.1) is 11.7 Å². The predicted molar refractivity (Wildman–Crippen MR) is 95.6 cm³/mol. The van der Waals surface area contributed by atoms with Crippen molar-refractivity contribution in [2.45, 2.75) is 45.4 Å². The number of anilines is 1. The summed E-state index contributed by atoms with van der Waals surface area (Å²) in [6.07, 6.45) is 4.47. The topological polar surface area (TPSA) is 12.0 Å². The number of halogens is 1. The highest BCUT2D eigenvalue weighted by Crippen LogP contribution is 2.40. The molecule has 0 radical (unpaired) electrons. The van der Waals surface area contributed by atoms with Crippen molar-refractivity contribution in [1.82, 2.24) is 0 Å². The van der Waals surface area contributed by atoms with Crippen LogP contribution >= 0.6 is 0 Å². The Morgan fingerprint density at radius 1 is 1.09 bits per heavy atom. The number of hydrogen-bond donors (Lipinski definition) is 1. The zero-order chi connectivity index (χ0) is 16.2. The molecule has 0 aromatic heterocycles. The summed E-state index contributed by atoms with van der Waals surface area (Å²) in [7, 11) is 0. The van der Waals surface area contributed by atoms with Gasteiger partial charge in [0.25, 0.3) is 0 Å². The molecule has 1 heterocycles. The molecule has 1 nitrogen and oxygen atoms in total. The number of nitrogens with one attached hydrogen (secondary N) is 1. The van der Waals surface area contributed by atoms with Gasteiger partial charge in [-0.15, -0.1) is 0 Å². The van der Waals surface area contributed by atoms with E-state index in [1.54, 1.807) is 12.1 Å². The Labute approximate surface area is 138 Å². The zero-order valence-corrected chi connectivity index (χ0v) is 14.1. The van der Waals surface area contributed by atoms with E-state index in [1.165, 1.54) is 42.1 Å². The lowest BCUT2D eigenvalue weighted by molar-refractivity contribution is 0.379. The SMILES string of the molecule is CCC(CC)C1CCNc2ccc(Cc3cccc(F)c3)cc21. The molecular formula is C21H26FN. The first-order valence-electron chi connectivity index (χ1n) is 8.82. The molecule has 0 spiro atoms. The quantitative estimate of drug-likeness (QED) is 0.741. The number of fused-ring (bicyclic) bond motifs is 1. The maximum Gasteiger partial charge on any atom is 0.123 e. The fourth-order valence-electron chi connectivity index (χ4n) is 3.94. The summed E-state index contributed by atoms with van der Waals surface area (Å²) in [6, 6.07) is 13.6. The highest BCUT2D eigenvalue weighted by atomic mass is 19.1. The Balaban J connectivity index is 1.89. The lowest BCUT2D eigenvalue weighted by Gasteiger charge is -2.32. The molecule has 1 unspecified atom stereocenters. The Morgan fingerprint density at radius 3 is 2.61 bits per heavy atom. The predicted octanol–water partition coefficient (Wildman–Crippen LogP) is 5.75. The Morgan fingerprint density at radius 2 is 1.87 bits per heavy atom. The molecule has 0 amide bonds. The summed E-state index contributed by atoms with van der Waals surface area (Å²) in [5, 5.41) is 3.54. The third-order valence-corrected chi connectivity index (χ3v) is 5.20. The van der Waals surface area contributed by atoms with Crippen molar-refractivity contribution in [2.24, 2.45) is 5.92 Å². The first kappa shape index (κ1) is 16.0. The van der Waals surface area contributed by atoms with Gasteiger partial charge in [0, 0.05) is 12.2 Å². The van der Waals surface area contributed by atoms with E-state index >= 15 is 0 Å². The van der Waals surface area contributed by atoms with Crippen LogP contribution in [0.1, 0.15) is 55.7 Å². The smallest absolute Gasteiger partial charge is 0.123 e. The Hall–Kier alpha value is -1.83. The molecule has 2 aromatic carbocycles. The zero-order valence-electron chi connectivity index (χ0n) is 14.1. The van der Waals surface area contributed by atoms with Crippen LogP contribution in [0.4, 0.5) is 10.1 Å². The highest BCUT2D eigenvalue weighted by molar-refractivity contribution is 5.57. The van der Waals surface area contributed by atoms with E-state index in [1.807, 2.05) is 6.07 Å². The molecule has 1 aliphatic rings. The number of benzene rings is 2. The molecule has 0 aliphatic carbocycles. The minimum absolute atomic E-state index is 0.156. The van der Waals surface area contributed by atoms with Gasteiger partial charge in [-0.25, -0.2) is 4.39 Å². The minimum Gasteiger partial charge on any atom is -0.385 e. The number of hydrogen-bond acceptors (Lipinski definition) is 1.